The van der Waals surface area contributed by atoms with Crippen molar-refractivity contribution in [3.63, 3.8) is 0 Å². The number of aromatic nitrogens is 2. The molecule has 0 spiro atoms. The largest absolute Gasteiger partial charge is 0.328 e. The minimum absolute atomic E-state index is 0.178. The Labute approximate surface area is 96.7 Å². The highest BCUT2D eigenvalue weighted by Gasteiger charge is 2.12. The van der Waals surface area contributed by atoms with Gasteiger partial charge in [0, 0.05) is 12.6 Å². The molecule has 1 aromatic carbocycles. The molecule has 1 heterocycles. The third kappa shape index (κ3) is 1.69. The zero-order valence-corrected chi connectivity index (χ0v) is 9.83. The first-order valence-electron chi connectivity index (χ1n) is 5.16. The molecule has 1 N–H and O–H groups in total. The van der Waals surface area contributed by atoms with E-state index in [-0.39, 0.29) is 5.78 Å². The van der Waals surface area contributed by atoms with Crippen molar-refractivity contribution in [1.29, 1.82) is 0 Å². The lowest BCUT2D eigenvalue weighted by molar-refractivity contribution is 0.101. The van der Waals surface area contributed by atoms with E-state index in [9.17, 15) is 14.4 Å². The van der Waals surface area contributed by atoms with Gasteiger partial charge < -0.3 is 4.98 Å². The summed E-state index contributed by atoms with van der Waals surface area (Å²) in [5.41, 5.74) is 0.585. The molecule has 0 atom stereocenters. The summed E-state index contributed by atoms with van der Waals surface area (Å²) < 4.78 is 0.992. The number of rotatable bonds is 1. The molecule has 17 heavy (non-hydrogen) atoms. The van der Waals surface area contributed by atoms with Crippen LogP contribution >= 0.6 is 0 Å². The zero-order valence-electron chi connectivity index (χ0n) is 9.83. The fourth-order valence-corrected chi connectivity index (χ4v) is 1.83. The van der Waals surface area contributed by atoms with Gasteiger partial charge in [0.05, 0.1) is 10.9 Å². The Bertz CT molecular complexity index is 738. The second-order valence-corrected chi connectivity index (χ2v) is 4.09. The van der Waals surface area contributed by atoms with Gasteiger partial charge >= 0.3 is 5.69 Å². The van der Waals surface area contributed by atoms with Gasteiger partial charge in [-0.2, -0.15) is 0 Å². The summed E-state index contributed by atoms with van der Waals surface area (Å²) in [5, 5.41) is 0.359. The average Bonchev–Trinajstić information content (AvgIpc) is 2.26. The van der Waals surface area contributed by atoms with Crippen molar-refractivity contribution >= 4 is 16.7 Å². The van der Waals surface area contributed by atoms with Crippen molar-refractivity contribution in [2.45, 2.75) is 13.8 Å². The summed E-state index contributed by atoms with van der Waals surface area (Å²) in [7, 11) is 1.40. The predicted octanol–water partition coefficient (Wildman–Crippen LogP) is 0.738. The standard InChI is InChI=1S/C12H12N2O3/c1-6-4-8(7(2)15)10-9(5-6)11(16)14(3)12(17)13-10/h4-5H,1-3H3,(H,13,17). The molecule has 0 bridgehead atoms. The number of hydrogen-bond donors (Lipinski definition) is 1. The zero-order chi connectivity index (χ0) is 12.7. The van der Waals surface area contributed by atoms with Gasteiger partial charge in [-0.05, 0) is 31.5 Å². The first-order valence-corrected chi connectivity index (χ1v) is 5.16. The van der Waals surface area contributed by atoms with Gasteiger partial charge in [0.2, 0.25) is 0 Å². The van der Waals surface area contributed by atoms with Gasteiger partial charge in [-0.3, -0.25) is 14.2 Å². The number of nitrogens with one attached hydrogen (secondary N) is 1. The van der Waals surface area contributed by atoms with E-state index in [0.717, 1.165) is 10.1 Å². The van der Waals surface area contributed by atoms with Gasteiger partial charge in [-0.1, -0.05) is 0 Å². The van der Waals surface area contributed by atoms with Crippen LogP contribution in [-0.2, 0) is 7.05 Å². The third-order valence-corrected chi connectivity index (χ3v) is 2.73. The molecule has 0 amide bonds. The van der Waals surface area contributed by atoms with Crippen LogP contribution < -0.4 is 11.2 Å². The Morgan fingerprint density at radius 1 is 1.29 bits per heavy atom. The van der Waals surface area contributed by atoms with Crippen LogP contribution in [0.3, 0.4) is 0 Å². The van der Waals surface area contributed by atoms with Gasteiger partial charge in [0.1, 0.15) is 0 Å². The summed E-state index contributed by atoms with van der Waals surface area (Å²) >= 11 is 0. The number of H-pyrrole nitrogens is 1. The summed E-state index contributed by atoms with van der Waals surface area (Å²) in [6.07, 6.45) is 0. The van der Waals surface area contributed by atoms with Crippen molar-refractivity contribution in [2.24, 2.45) is 7.05 Å². The van der Waals surface area contributed by atoms with Crippen LogP contribution in [-0.4, -0.2) is 15.3 Å². The Kier molecular flexibility index (Phi) is 2.46. The topological polar surface area (TPSA) is 71.9 Å². The second-order valence-electron chi connectivity index (χ2n) is 4.09. The number of benzene rings is 1. The molecule has 0 radical (unpaired) electrons. The van der Waals surface area contributed by atoms with E-state index in [0.29, 0.717) is 16.5 Å². The highest BCUT2D eigenvalue weighted by Crippen LogP contribution is 2.15. The third-order valence-electron chi connectivity index (χ3n) is 2.73. The van der Waals surface area contributed by atoms with Crippen LogP contribution in [0.2, 0.25) is 0 Å². The van der Waals surface area contributed by atoms with E-state index >= 15 is 0 Å². The first-order chi connectivity index (χ1) is 7.91. The van der Waals surface area contributed by atoms with Crippen molar-refractivity contribution in [3.8, 4) is 0 Å². The first kappa shape index (κ1) is 11.3. The van der Waals surface area contributed by atoms with Crippen LogP contribution in [0.4, 0.5) is 0 Å². The molecule has 0 saturated carbocycles. The number of aromatic amines is 1. The minimum atomic E-state index is -0.520. The van der Waals surface area contributed by atoms with E-state index < -0.39 is 11.2 Å². The van der Waals surface area contributed by atoms with Crippen molar-refractivity contribution < 1.29 is 4.79 Å². The Morgan fingerprint density at radius 3 is 2.53 bits per heavy atom. The lowest BCUT2D eigenvalue weighted by atomic mass is 10.0. The molecule has 88 valence electrons. The normalized spacial score (nSPS) is 10.8. The Morgan fingerprint density at radius 2 is 1.94 bits per heavy atom. The number of carbonyl (C=O) groups excluding carboxylic acids is 1. The summed E-state index contributed by atoms with van der Waals surface area (Å²) in [5.74, 6) is -0.178. The van der Waals surface area contributed by atoms with E-state index in [4.69, 9.17) is 0 Å². The van der Waals surface area contributed by atoms with Crippen molar-refractivity contribution in [3.05, 3.63) is 44.1 Å². The molecular weight excluding hydrogens is 220 g/mol. The molecule has 0 fully saturated rings. The molecule has 0 saturated heterocycles. The number of carbonyl (C=O) groups is 1. The highest BCUT2D eigenvalue weighted by atomic mass is 16.2. The van der Waals surface area contributed by atoms with E-state index in [1.807, 2.05) is 0 Å². The van der Waals surface area contributed by atoms with Crippen LogP contribution in [0.5, 0.6) is 0 Å². The molecule has 0 unspecified atom stereocenters. The number of hydrogen-bond acceptors (Lipinski definition) is 3. The Hall–Kier alpha value is -2.17. The predicted molar refractivity (Wildman–Crippen MR) is 64.6 cm³/mol. The van der Waals surface area contributed by atoms with Crippen LogP contribution in [0.25, 0.3) is 10.9 Å². The fourth-order valence-electron chi connectivity index (χ4n) is 1.83. The van der Waals surface area contributed by atoms with E-state index in [1.54, 1.807) is 19.1 Å². The molecule has 2 rings (SSSR count). The molecular formula is C12H12N2O3. The lowest BCUT2D eigenvalue weighted by Gasteiger charge is -2.06. The second kappa shape index (κ2) is 3.69. The quantitative estimate of drug-likeness (QED) is 0.737. The number of ketones is 1. The van der Waals surface area contributed by atoms with Gasteiger partial charge in [0.15, 0.2) is 5.78 Å². The van der Waals surface area contributed by atoms with Gasteiger partial charge in [0.25, 0.3) is 5.56 Å². The summed E-state index contributed by atoms with van der Waals surface area (Å²) in [4.78, 5) is 37.5. The number of Topliss-reactive ketones (excluding diaryl/α,β-unsaturated/α-hetero) is 1. The molecule has 0 aliphatic rings. The molecule has 0 aliphatic heterocycles. The minimum Gasteiger partial charge on any atom is -0.306 e. The lowest BCUT2D eigenvalue weighted by Crippen LogP contribution is -2.32. The van der Waals surface area contributed by atoms with E-state index in [1.165, 1.54) is 14.0 Å². The van der Waals surface area contributed by atoms with Crippen LogP contribution in [0.1, 0.15) is 22.8 Å². The number of nitrogens with zero attached hydrogens (tertiary/aromatic N) is 1. The highest BCUT2D eigenvalue weighted by molar-refractivity contribution is 6.05. The fraction of sp³-hybridized carbons (Fsp3) is 0.250. The molecule has 0 aliphatic carbocycles. The molecule has 5 nitrogen and oxygen atoms in total. The van der Waals surface area contributed by atoms with Crippen LogP contribution in [0.15, 0.2) is 21.7 Å². The number of aryl methyl sites for hydroxylation is 1. The average molecular weight is 232 g/mol. The maximum atomic E-state index is 11.9. The maximum absolute atomic E-state index is 11.9. The summed E-state index contributed by atoms with van der Waals surface area (Å²) in [6, 6.07) is 3.33. The van der Waals surface area contributed by atoms with E-state index in [2.05, 4.69) is 4.98 Å². The summed E-state index contributed by atoms with van der Waals surface area (Å²) in [6.45, 7) is 3.21. The smallest absolute Gasteiger partial charge is 0.306 e. The van der Waals surface area contributed by atoms with Gasteiger partial charge in [-0.25, -0.2) is 4.79 Å². The molecule has 1 aromatic heterocycles. The van der Waals surface area contributed by atoms with Crippen molar-refractivity contribution in [1.82, 2.24) is 9.55 Å². The molecule has 5 heteroatoms. The van der Waals surface area contributed by atoms with Crippen LogP contribution in [0, 0.1) is 6.92 Å². The maximum Gasteiger partial charge on any atom is 0.328 e. The number of fused-ring (bicyclic) bond motifs is 1. The molecule has 2 aromatic rings. The SMILES string of the molecule is CC(=O)c1cc(C)cc2c(=O)n(C)c(=O)[nH]c12. The van der Waals surface area contributed by atoms with Crippen molar-refractivity contribution in [2.75, 3.05) is 0 Å². The Balaban J connectivity index is 3.11. The monoisotopic (exact) mass is 232 g/mol. The van der Waals surface area contributed by atoms with Gasteiger partial charge in [-0.15, -0.1) is 0 Å².